The van der Waals surface area contributed by atoms with Crippen LogP contribution in [-0.4, -0.2) is 13.3 Å². The van der Waals surface area contributed by atoms with Crippen LogP contribution < -0.4 is 10.6 Å². The van der Waals surface area contributed by atoms with Gasteiger partial charge in [0.1, 0.15) is 0 Å². The second-order valence-electron chi connectivity index (χ2n) is 4.25. The van der Waals surface area contributed by atoms with Crippen LogP contribution in [0.4, 0.5) is 5.69 Å². The third-order valence-electron chi connectivity index (χ3n) is 2.96. The van der Waals surface area contributed by atoms with Gasteiger partial charge in [0.15, 0.2) is 0 Å². The molecule has 2 N–H and O–H groups in total. The molecule has 0 atom stereocenters. The molecule has 2 nitrogen and oxygen atoms in total. The van der Waals surface area contributed by atoms with Gasteiger partial charge in [0.05, 0.1) is 6.54 Å². The molecule has 0 radical (unpaired) electrons. The van der Waals surface area contributed by atoms with Crippen molar-refractivity contribution in [3.63, 3.8) is 0 Å². The molecule has 1 heterocycles. The van der Waals surface area contributed by atoms with Crippen molar-refractivity contribution in [1.82, 2.24) is 0 Å². The third kappa shape index (κ3) is 3.54. The first kappa shape index (κ1) is 14.9. The van der Waals surface area contributed by atoms with Crippen molar-refractivity contribution >= 4 is 44.7 Å². The lowest BCUT2D eigenvalue weighted by atomic mass is 10.1. The van der Waals surface area contributed by atoms with Gasteiger partial charge in [0, 0.05) is 44.5 Å². The molecule has 0 aliphatic heterocycles. The fourth-order valence-corrected chi connectivity index (χ4v) is 4.22. The van der Waals surface area contributed by atoms with E-state index in [-0.39, 0.29) is 0 Å². The van der Waals surface area contributed by atoms with E-state index >= 15 is 0 Å². The van der Waals surface area contributed by atoms with Gasteiger partial charge in [-0.1, -0.05) is 6.07 Å². The summed E-state index contributed by atoms with van der Waals surface area (Å²) in [5.74, 6) is 0. The maximum atomic E-state index is 5.92. The van der Waals surface area contributed by atoms with E-state index in [1.807, 2.05) is 0 Å². The summed E-state index contributed by atoms with van der Waals surface area (Å²) in [7, 11) is 2.12. The fraction of sp³-hybridized carbons (Fsp3) is 0.286. The van der Waals surface area contributed by atoms with Gasteiger partial charge in [-0.2, -0.15) is 0 Å². The number of rotatable bonds is 5. The number of nitrogens with two attached hydrogens (primary N) is 1. The van der Waals surface area contributed by atoms with E-state index in [1.54, 1.807) is 23.1 Å². The SMILES string of the molecule is CSc1cccc(N(C)Cc2cc(Br)cs2)c1CN. The van der Waals surface area contributed by atoms with Gasteiger partial charge in [-0.05, 0) is 40.4 Å². The summed E-state index contributed by atoms with van der Waals surface area (Å²) in [6.07, 6.45) is 2.09. The van der Waals surface area contributed by atoms with Gasteiger partial charge in [0.2, 0.25) is 0 Å². The largest absolute Gasteiger partial charge is 0.369 e. The Morgan fingerprint density at radius 3 is 2.79 bits per heavy atom. The summed E-state index contributed by atoms with van der Waals surface area (Å²) < 4.78 is 1.15. The molecule has 0 spiro atoms. The molecular weight excluding hydrogens is 340 g/mol. The van der Waals surface area contributed by atoms with Crippen LogP contribution in [0.3, 0.4) is 0 Å². The van der Waals surface area contributed by atoms with Crippen LogP contribution in [0, 0.1) is 0 Å². The number of benzene rings is 1. The molecule has 102 valence electrons. The number of hydrogen-bond acceptors (Lipinski definition) is 4. The van der Waals surface area contributed by atoms with Crippen LogP contribution in [0.15, 0.2) is 39.0 Å². The van der Waals surface area contributed by atoms with Crippen LogP contribution in [-0.2, 0) is 13.1 Å². The summed E-state index contributed by atoms with van der Waals surface area (Å²) in [5, 5.41) is 2.12. The van der Waals surface area contributed by atoms with E-state index in [0.29, 0.717) is 6.54 Å². The molecule has 0 fully saturated rings. The fourth-order valence-electron chi connectivity index (χ4n) is 2.06. The predicted octanol–water partition coefficient (Wildman–Crippen LogP) is 4.33. The molecule has 0 amide bonds. The quantitative estimate of drug-likeness (QED) is 0.808. The molecular formula is C14H17BrN2S2. The number of thioether (sulfide) groups is 1. The van der Waals surface area contributed by atoms with Gasteiger partial charge in [-0.3, -0.25) is 0 Å². The maximum absolute atomic E-state index is 5.92. The molecule has 1 aromatic carbocycles. The van der Waals surface area contributed by atoms with Crippen molar-refractivity contribution in [1.29, 1.82) is 0 Å². The van der Waals surface area contributed by atoms with E-state index in [9.17, 15) is 0 Å². The first-order valence-electron chi connectivity index (χ1n) is 5.95. The lowest BCUT2D eigenvalue weighted by Gasteiger charge is -2.23. The van der Waals surface area contributed by atoms with Crippen LogP contribution in [0.25, 0.3) is 0 Å². The molecule has 2 rings (SSSR count). The highest BCUT2D eigenvalue weighted by Gasteiger charge is 2.11. The summed E-state index contributed by atoms with van der Waals surface area (Å²) in [5.41, 5.74) is 8.37. The Bertz CT molecular complexity index is 554. The van der Waals surface area contributed by atoms with Gasteiger partial charge in [0.25, 0.3) is 0 Å². The van der Waals surface area contributed by atoms with E-state index in [1.165, 1.54) is 21.0 Å². The van der Waals surface area contributed by atoms with Crippen molar-refractivity contribution in [2.45, 2.75) is 18.0 Å². The first-order chi connectivity index (χ1) is 9.15. The van der Waals surface area contributed by atoms with Crippen LogP contribution in [0.5, 0.6) is 0 Å². The van der Waals surface area contributed by atoms with Gasteiger partial charge >= 0.3 is 0 Å². The minimum Gasteiger partial charge on any atom is -0.369 e. The molecule has 2 aromatic rings. The highest BCUT2D eigenvalue weighted by atomic mass is 79.9. The Morgan fingerprint density at radius 1 is 1.42 bits per heavy atom. The summed E-state index contributed by atoms with van der Waals surface area (Å²) in [6.45, 7) is 1.48. The first-order valence-corrected chi connectivity index (χ1v) is 8.85. The Balaban J connectivity index is 2.25. The van der Waals surface area contributed by atoms with Crippen LogP contribution >= 0.6 is 39.0 Å². The average Bonchev–Trinajstić information content (AvgIpc) is 2.82. The summed E-state index contributed by atoms with van der Waals surface area (Å²) in [4.78, 5) is 4.87. The second-order valence-corrected chi connectivity index (χ2v) is 7.01. The average molecular weight is 357 g/mol. The standard InChI is InChI=1S/C14H17BrN2S2/c1-17(8-11-6-10(15)9-19-11)13-4-3-5-14(18-2)12(13)7-16/h3-6,9H,7-8,16H2,1-2H3. The van der Waals surface area contributed by atoms with E-state index < -0.39 is 0 Å². The zero-order valence-electron chi connectivity index (χ0n) is 11.0. The normalized spacial score (nSPS) is 10.7. The maximum Gasteiger partial charge on any atom is 0.0520 e. The Hall–Kier alpha value is -0.490. The van der Waals surface area contributed by atoms with E-state index in [2.05, 4.69) is 63.8 Å². The Labute approximate surface area is 131 Å². The minimum absolute atomic E-state index is 0.574. The van der Waals surface area contributed by atoms with Gasteiger partial charge < -0.3 is 10.6 Å². The van der Waals surface area contributed by atoms with Crippen molar-refractivity contribution in [2.75, 3.05) is 18.2 Å². The number of halogens is 1. The summed E-state index contributed by atoms with van der Waals surface area (Å²) >= 11 is 7.02. The highest BCUT2D eigenvalue weighted by molar-refractivity contribution is 9.10. The van der Waals surface area contributed by atoms with Crippen molar-refractivity contribution < 1.29 is 0 Å². The predicted molar refractivity (Wildman–Crippen MR) is 90.2 cm³/mol. The van der Waals surface area contributed by atoms with Gasteiger partial charge in [-0.15, -0.1) is 23.1 Å². The molecule has 19 heavy (non-hydrogen) atoms. The molecule has 0 saturated carbocycles. The Morgan fingerprint density at radius 2 is 2.21 bits per heavy atom. The van der Waals surface area contributed by atoms with Crippen molar-refractivity contribution in [3.05, 3.63) is 44.6 Å². The second kappa shape index (κ2) is 6.79. The van der Waals surface area contributed by atoms with Crippen LogP contribution in [0.1, 0.15) is 10.4 Å². The molecule has 0 saturated heterocycles. The molecule has 0 aliphatic rings. The smallest absolute Gasteiger partial charge is 0.0520 e. The number of nitrogens with zero attached hydrogens (tertiary/aromatic N) is 1. The number of anilines is 1. The lowest BCUT2D eigenvalue weighted by Crippen LogP contribution is -2.18. The van der Waals surface area contributed by atoms with E-state index in [4.69, 9.17) is 5.73 Å². The topological polar surface area (TPSA) is 29.3 Å². The molecule has 1 aromatic heterocycles. The minimum atomic E-state index is 0.574. The molecule has 0 unspecified atom stereocenters. The number of hydrogen-bond donors (Lipinski definition) is 1. The van der Waals surface area contributed by atoms with E-state index in [0.717, 1.165) is 11.0 Å². The highest BCUT2D eigenvalue weighted by Crippen LogP contribution is 2.30. The van der Waals surface area contributed by atoms with Gasteiger partial charge in [-0.25, -0.2) is 0 Å². The Kier molecular flexibility index (Phi) is 5.33. The molecule has 0 aliphatic carbocycles. The molecule has 5 heteroatoms. The van der Waals surface area contributed by atoms with Crippen molar-refractivity contribution in [3.8, 4) is 0 Å². The summed E-state index contributed by atoms with van der Waals surface area (Å²) in [6, 6.07) is 8.54. The number of thiophene rings is 1. The zero-order chi connectivity index (χ0) is 13.8. The zero-order valence-corrected chi connectivity index (χ0v) is 14.2. The lowest BCUT2D eigenvalue weighted by molar-refractivity contribution is 0.906. The third-order valence-corrected chi connectivity index (χ3v) is 5.46. The monoisotopic (exact) mass is 356 g/mol. The van der Waals surface area contributed by atoms with Crippen molar-refractivity contribution in [2.24, 2.45) is 5.73 Å². The van der Waals surface area contributed by atoms with Crippen LogP contribution in [0.2, 0.25) is 0 Å². The molecule has 0 bridgehead atoms.